The minimum absolute atomic E-state index is 0.760. The Morgan fingerprint density at radius 2 is 1.57 bits per heavy atom. The lowest BCUT2D eigenvalue weighted by atomic mass is 9.83. The van der Waals surface area contributed by atoms with Crippen molar-refractivity contribution in [1.82, 2.24) is 0 Å². The van der Waals surface area contributed by atoms with Crippen molar-refractivity contribution in [3.05, 3.63) is 59.2 Å². The summed E-state index contributed by atoms with van der Waals surface area (Å²) >= 11 is 0. The van der Waals surface area contributed by atoms with Gasteiger partial charge in [-0.1, -0.05) is 55.7 Å². The highest BCUT2D eigenvalue weighted by molar-refractivity contribution is 5.66. The molecule has 1 nitrogen and oxygen atoms in total. The average Bonchev–Trinajstić information content (AvgIpc) is 2.56. The second-order valence-corrected chi connectivity index (χ2v) is 6.10. The van der Waals surface area contributed by atoms with E-state index in [0.29, 0.717) is 0 Å². The third-order valence-electron chi connectivity index (χ3n) is 4.67. The number of benzene rings is 2. The maximum Gasteiger partial charge on any atom is 0.0994 e. The Morgan fingerprint density at radius 3 is 2.19 bits per heavy atom. The molecule has 0 amide bonds. The van der Waals surface area contributed by atoms with Gasteiger partial charge < -0.3 is 0 Å². The van der Waals surface area contributed by atoms with Gasteiger partial charge in [-0.2, -0.15) is 5.26 Å². The molecule has 0 saturated heterocycles. The van der Waals surface area contributed by atoms with Gasteiger partial charge in [0.15, 0.2) is 0 Å². The zero-order valence-corrected chi connectivity index (χ0v) is 12.6. The average molecular weight is 275 g/mol. The number of nitriles is 1. The molecule has 0 unspecified atom stereocenters. The van der Waals surface area contributed by atoms with Crippen molar-refractivity contribution in [3.63, 3.8) is 0 Å². The fourth-order valence-electron chi connectivity index (χ4n) is 3.35. The summed E-state index contributed by atoms with van der Waals surface area (Å²) in [5.41, 5.74) is 5.73. The first-order chi connectivity index (χ1) is 10.3. The molecule has 3 rings (SSSR count). The summed E-state index contributed by atoms with van der Waals surface area (Å²) in [4.78, 5) is 0. The second-order valence-electron chi connectivity index (χ2n) is 6.10. The van der Waals surface area contributed by atoms with Crippen molar-refractivity contribution in [2.75, 3.05) is 0 Å². The zero-order chi connectivity index (χ0) is 14.7. The van der Waals surface area contributed by atoms with Crippen LogP contribution in [0.2, 0.25) is 0 Å². The molecule has 1 aliphatic carbocycles. The molecule has 1 heteroatoms. The first-order valence-electron chi connectivity index (χ1n) is 7.89. The SMILES string of the molecule is Cc1cc(-c2ccc(C3CCCCC3)cc2)ccc1C#N. The third kappa shape index (κ3) is 3.00. The normalized spacial score (nSPS) is 15.6. The highest BCUT2D eigenvalue weighted by Gasteiger charge is 2.15. The monoisotopic (exact) mass is 275 g/mol. The summed E-state index contributed by atoms with van der Waals surface area (Å²) in [6.07, 6.45) is 6.84. The lowest BCUT2D eigenvalue weighted by Gasteiger charge is -2.22. The fraction of sp³-hybridized carbons (Fsp3) is 0.350. The smallest absolute Gasteiger partial charge is 0.0994 e. The zero-order valence-electron chi connectivity index (χ0n) is 12.6. The van der Waals surface area contributed by atoms with Gasteiger partial charge in [0.05, 0.1) is 11.6 Å². The summed E-state index contributed by atoms with van der Waals surface area (Å²) in [6.45, 7) is 2.00. The molecule has 0 aliphatic heterocycles. The molecule has 2 aromatic rings. The molecule has 0 spiro atoms. The van der Waals surface area contributed by atoms with Gasteiger partial charge in [0, 0.05) is 0 Å². The number of hydrogen-bond acceptors (Lipinski definition) is 1. The summed E-state index contributed by atoms with van der Waals surface area (Å²) in [7, 11) is 0. The largest absolute Gasteiger partial charge is 0.192 e. The number of aryl methyl sites for hydroxylation is 1. The van der Waals surface area contributed by atoms with E-state index in [4.69, 9.17) is 5.26 Å². The van der Waals surface area contributed by atoms with Crippen LogP contribution in [0.25, 0.3) is 11.1 Å². The lowest BCUT2D eigenvalue weighted by molar-refractivity contribution is 0.443. The molecule has 0 aromatic heterocycles. The number of hydrogen-bond donors (Lipinski definition) is 0. The second kappa shape index (κ2) is 6.14. The van der Waals surface area contributed by atoms with Gasteiger partial charge in [0.2, 0.25) is 0 Å². The molecule has 0 N–H and O–H groups in total. The molecule has 1 fully saturated rings. The molecule has 0 atom stereocenters. The Balaban J connectivity index is 1.83. The number of nitrogens with zero attached hydrogens (tertiary/aromatic N) is 1. The van der Waals surface area contributed by atoms with Crippen molar-refractivity contribution in [2.24, 2.45) is 0 Å². The third-order valence-corrected chi connectivity index (χ3v) is 4.67. The van der Waals surface area contributed by atoms with Gasteiger partial charge in [0.25, 0.3) is 0 Å². The van der Waals surface area contributed by atoms with Gasteiger partial charge in [-0.05, 0) is 54.0 Å². The lowest BCUT2D eigenvalue weighted by Crippen LogP contribution is -2.04. The molecular weight excluding hydrogens is 254 g/mol. The van der Waals surface area contributed by atoms with Gasteiger partial charge in [-0.3, -0.25) is 0 Å². The summed E-state index contributed by atoms with van der Waals surface area (Å²) < 4.78 is 0. The molecule has 106 valence electrons. The molecule has 21 heavy (non-hydrogen) atoms. The van der Waals surface area contributed by atoms with E-state index in [2.05, 4.69) is 36.4 Å². The van der Waals surface area contributed by atoms with Crippen LogP contribution in [0.5, 0.6) is 0 Å². The van der Waals surface area contributed by atoms with E-state index in [9.17, 15) is 0 Å². The highest BCUT2D eigenvalue weighted by Crippen LogP contribution is 2.33. The predicted octanol–water partition coefficient (Wildman–Crippen LogP) is 5.58. The van der Waals surface area contributed by atoms with E-state index < -0.39 is 0 Å². The van der Waals surface area contributed by atoms with Crippen LogP contribution in [-0.4, -0.2) is 0 Å². The van der Waals surface area contributed by atoms with E-state index in [1.807, 2.05) is 19.1 Å². The quantitative estimate of drug-likeness (QED) is 0.701. The Hall–Kier alpha value is -2.07. The Kier molecular flexibility index (Phi) is 4.06. The Morgan fingerprint density at radius 1 is 0.905 bits per heavy atom. The summed E-state index contributed by atoms with van der Waals surface area (Å²) in [6, 6.07) is 17.3. The Bertz CT molecular complexity index is 655. The van der Waals surface area contributed by atoms with Crippen LogP contribution in [0.3, 0.4) is 0 Å². The first-order valence-corrected chi connectivity index (χ1v) is 7.89. The van der Waals surface area contributed by atoms with Crippen LogP contribution >= 0.6 is 0 Å². The number of rotatable bonds is 2. The minimum atomic E-state index is 0.760. The van der Waals surface area contributed by atoms with Gasteiger partial charge in [-0.25, -0.2) is 0 Å². The van der Waals surface area contributed by atoms with Crippen LogP contribution in [0.15, 0.2) is 42.5 Å². The first kappa shape index (κ1) is 13.9. The van der Waals surface area contributed by atoms with Crippen LogP contribution in [0.4, 0.5) is 0 Å². The predicted molar refractivity (Wildman–Crippen MR) is 87.2 cm³/mol. The van der Waals surface area contributed by atoms with E-state index in [1.54, 1.807) is 0 Å². The molecule has 0 radical (unpaired) electrons. The molecule has 1 aliphatic rings. The maximum absolute atomic E-state index is 9.01. The summed E-state index contributed by atoms with van der Waals surface area (Å²) in [5.74, 6) is 0.760. The minimum Gasteiger partial charge on any atom is -0.192 e. The fourth-order valence-corrected chi connectivity index (χ4v) is 3.35. The Labute approximate surface area is 127 Å². The van der Waals surface area contributed by atoms with E-state index in [1.165, 1.54) is 48.8 Å². The van der Waals surface area contributed by atoms with Gasteiger partial charge in [0.1, 0.15) is 0 Å². The van der Waals surface area contributed by atoms with Crippen molar-refractivity contribution < 1.29 is 0 Å². The van der Waals surface area contributed by atoms with Crippen molar-refractivity contribution in [1.29, 1.82) is 5.26 Å². The van der Waals surface area contributed by atoms with Crippen LogP contribution in [0, 0.1) is 18.3 Å². The van der Waals surface area contributed by atoms with Gasteiger partial charge in [-0.15, -0.1) is 0 Å². The van der Waals surface area contributed by atoms with Crippen molar-refractivity contribution in [3.8, 4) is 17.2 Å². The van der Waals surface area contributed by atoms with Crippen molar-refractivity contribution >= 4 is 0 Å². The van der Waals surface area contributed by atoms with Crippen LogP contribution in [-0.2, 0) is 0 Å². The topological polar surface area (TPSA) is 23.8 Å². The van der Waals surface area contributed by atoms with E-state index >= 15 is 0 Å². The molecule has 2 aromatic carbocycles. The van der Waals surface area contributed by atoms with Crippen molar-refractivity contribution in [2.45, 2.75) is 44.9 Å². The van der Waals surface area contributed by atoms with Crippen LogP contribution < -0.4 is 0 Å². The van der Waals surface area contributed by atoms with Crippen LogP contribution in [0.1, 0.15) is 54.7 Å². The summed E-state index contributed by atoms with van der Waals surface area (Å²) in [5, 5.41) is 9.01. The highest BCUT2D eigenvalue weighted by atomic mass is 14.2. The maximum atomic E-state index is 9.01. The molecular formula is C20H21N. The molecule has 1 saturated carbocycles. The molecule has 0 bridgehead atoms. The van der Waals surface area contributed by atoms with E-state index in [0.717, 1.165) is 17.0 Å². The molecule has 0 heterocycles. The standard InChI is InChI=1S/C20H21N/c1-15-13-19(11-12-20(15)14-21)18-9-7-17(8-10-18)16-5-3-2-4-6-16/h7-13,16H,2-6H2,1H3. The van der Waals surface area contributed by atoms with Gasteiger partial charge >= 0.3 is 0 Å². The van der Waals surface area contributed by atoms with E-state index in [-0.39, 0.29) is 0 Å².